The van der Waals surface area contributed by atoms with Gasteiger partial charge in [0.15, 0.2) is 0 Å². The van der Waals surface area contributed by atoms with E-state index in [1.807, 2.05) is 6.07 Å². The van der Waals surface area contributed by atoms with E-state index in [9.17, 15) is 4.79 Å². The molecule has 0 spiro atoms. The predicted molar refractivity (Wildman–Crippen MR) is 84.0 cm³/mol. The zero-order valence-corrected chi connectivity index (χ0v) is 13.1. The van der Waals surface area contributed by atoms with Crippen LogP contribution in [0, 0.1) is 17.2 Å². The molecule has 0 aliphatic carbocycles. The van der Waals surface area contributed by atoms with Gasteiger partial charge in [-0.15, -0.1) is 0 Å². The van der Waals surface area contributed by atoms with Crippen molar-refractivity contribution >= 4 is 11.6 Å². The summed E-state index contributed by atoms with van der Waals surface area (Å²) in [6.45, 7) is 8.14. The number of pyridine rings is 1. The molecular formula is C16H24N4O. The number of nitrogens with zero attached hydrogens (tertiary/aromatic N) is 3. The molecule has 5 nitrogen and oxygen atoms in total. The zero-order chi connectivity index (χ0) is 15.7. The van der Waals surface area contributed by atoms with Crippen LogP contribution in [0.4, 0.5) is 5.69 Å². The summed E-state index contributed by atoms with van der Waals surface area (Å²) in [6, 6.07) is 5.72. The van der Waals surface area contributed by atoms with Gasteiger partial charge < -0.3 is 10.2 Å². The monoisotopic (exact) mass is 288 g/mol. The Hall–Kier alpha value is -2.09. The Labute approximate surface area is 127 Å². The van der Waals surface area contributed by atoms with E-state index in [1.54, 1.807) is 17.2 Å². The van der Waals surface area contributed by atoms with Gasteiger partial charge in [0.25, 0.3) is 5.91 Å². The van der Waals surface area contributed by atoms with Crippen LogP contribution in [-0.2, 0) is 0 Å². The largest absolute Gasteiger partial charge is 0.385 e. The average Bonchev–Trinajstić information content (AvgIpc) is 2.48. The maximum atomic E-state index is 12.5. The molecule has 0 saturated heterocycles. The first-order chi connectivity index (χ1) is 10.1. The summed E-state index contributed by atoms with van der Waals surface area (Å²) in [6.07, 6.45) is 3.00. The van der Waals surface area contributed by atoms with Gasteiger partial charge in [-0.2, -0.15) is 5.26 Å². The fraction of sp³-hybridized carbons (Fsp3) is 0.562. The zero-order valence-electron chi connectivity index (χ0n) is 13.1. The van der Waals surface area contributed by atoms with Gasteiger partial charge in [-0.25, -0.2) is 0 Å². The molecule has 0 aromatic carbocycles. The van der Waals surface area contributed by atoms with E-state index in [4.69, 9.17) is 5.26 Å². The van der Waals surface area contributed by atoms with Crippen LogP contribution in [0.25, 0.3) is 0 Å². The van der Waals surface area contributed by atoms with Crippen molar-refractivity contribution in [3.05, 3.63) is 24.0 Å². The number of aromatic nitrogens is 1. The Morgan fingerprint density at radius 3 is 2.90 bits per heavy atom. The normalized spacial score (nSPS) is 10.2. The Balaban J connectivity index is 2.84. The molecule has 1 aromatic rings. The standard InChI is InChI=1S/C16H24N4O/c1-4-8-18-14-6-9-19-15(11-14)16(21)20(10-5-7-17)12-13(2)3/h6,9,11,13H,4-5,8,10,12H2,1-3H3,(H,18,19). The molecule has 0 aliphatic rings. The minimum atomic E-state index is -0.112. The number of nitriles is 1. The van der Waals surface area contributed by atoms with Crippen LogP contribution >= 0.6 is 0 Å². The average molecular weight is 288 g/mol. The summed E-state index contributed by atoms with van der Waals surface area (Å²) in [7, 11) is 0. The van der Waals surface area contributed by atoms with Crippen molar-refractivity contribution in [2.24, 2.45) is 5.92 Å². The molecular weight excluding hydrogens is 264 g/mol. The third kappa shape index (κ3) is 5.82. The van der Waals surface area contributed by atoms with E-state index in [2.05, 4.69) is 37.1 Å². The van der Waals surface area contributed by atoms with E-state index >= 15 is 0 Å². The smallest absolute Gasteiger partial charge is 0.272 e. The van der Waals surface area contributed by atoms with Crippen LogP contribution in [-0.4, -0.2) is 35.4 Å². The lowest BCUT2D eigenvalue weighted by atomic mass is 10.2. The molecule has 0 fully saturated rings. The Morgan fingerprint density at radius 2 is 2.29 bits per heavy atom. The molecule has 114 valence electrons. The van der Waals surface area contributed by atoms with Crippen LogP contribution in [0.15, 0.2) is 18.3 Å². The first-order valence-corrected chi connectivity index (χ1v) is 7.44. The molecule has 0 radical (unpaired) electrons. The fourth-order valence-electron chi connectivity index (χ4n) is 1.99. The molecule has 5 heteroatoms. The quantitative estimate of drug-likeness (QED) is 0.798. The van der Waals surface area contributed by atoms with Crippen LogP contribution in [0.5, 0.6) is 0 Å². The fourth-order valence-corrected chi connectivity index (χ4v) is 1.99. The molecule has 0 saturated carbocycles. The number of anilines is 1. The van der Waals surface area contributed by atoms with Crippen molar-refractivity contribution in [3.8, 4) is 6.07 Å². The summed E-state index contributed by atoms with van der Waals surface area (Å²) >= 11 is 0. The minimum Gasteiger partial charge on any atom is -0.385 e. The van der Waals surface area contributed by atoms with Gasteiger partial charge in [-0.05, 0) is 24.5 Å². The van der Waals surface area contributed by atoms with Crippen LogP contribution in [0.2, 0.25) is 0 Å². The molecule has 1 rings (SSSR count). The van der Waals surface area contributed by atoms with Gasteiger partial charge >= 0.3 is 0 Å². The highest BCUT2D eigenvalue weighted by Crippen LogP contribution is 2.12. The first-order valence-electron chi connectivity index (χ1n) is 7.44. The number of rotatable bonds is 8. The van der Waals surface area contributed by atoms with Crippen LogP contribution in [0.3, 0.4) is 0 Å². The van der Waals surface area contributed by atoms with Gasteiger partial charge in [0, 0.05) is 31.5 Å². The number of carbonyl (C=O) groups is 1. The molecule has 1 amide bonds. The summed E-state index contributed by atoms with van der Waals surface area (Å²) < 4.78 is 0. The molecule has 1 N–H and O–H groups in total. The molecule has 0 unspecified atom stereocenters. The lowest BCUT2D eigenvalue weighted by molar-refractivity contribution is 0.0734. The first kappa shape index (κ1) is 17.0. The van der Waals surface area contributed by atoms with Gasteiger partial charge in [0.2, 0.25) is 0 Å². The maximum Gasteiger partial charge on any atom is 0.272 e. The number of nitrogens with one attached hydrogen (secondary N) is 1. The Morgan fingerprint density at radius 1 is 1.52 bits per heavy atom. The number of amides is 1. The third-order valence-corrected chi connectivity index (χ3v) is 2.92. The molecule has 1 heterocycles. The highest BCUT2D eigenvalue weighted by atomic mass is 16.2. The highest BCUT2D eigenvalue weighted by Gasteiger charge is 2.18. The Kier molecular flexibility index (Phi) is 7.24. The highest BCUT2D eigenvalue weighted by molar-refractivity contribution is 5.93. The van der Waals surface area contributed by atoms with Gasteiger partial charge in [0.1, 0.15) is 5.69 Å². The van der Waals surface area contributed by atoms with Crippen molar-refractivity contribution in [1.29, 1.82) is 5.26 Å². The SMILES string of the molecule is CCCNc1ccnc(C(=O)N(CCC#N)CC(C)C)c1. The maximum absolute atomic E-state index is 12.5. The van der Waals surface area contributed by atoms with Gasteiger partial charge in [0.05, 0.1) is 12.5 Å². The molecule has 0 atom stereocenters. The second-order valence-electron chi connectivity index (χ2n) is 5.41. The predicted octanol–water partition coefficient (Wildman–Crippen LogP) is 2.92. The minimum absolute atomic E-state index is 0.112. The summed E-state index contributed by atoms with van der Waals surface area (Å²) in [4.78, 5) is 18.4. The van der Waals surface area contributed by atoms with Crippen molar-refractivity contribution in [2.75, 3.05) is 25.0 Å². The third-order valence-electron chi connectivity index (χ3n) is 2.92. The number of hydrogen-bond donors (Lipinski definition) is 1. The number of hydrogen-bond acceptors (Lipinski definition) is 4. The molecule has 21 heavy (non-hydrogen) atoms. The van der Waals surface area contributed by atoms with Crippen molar-refractivity contribution < 1.29 is 4.79 Å². The van der Waals surface area contributed by atoms with Crippen LogP contribution in [0.1, 0.15) is 44.1 Å². The summed E-state index contributed by atoms with van der Waals surface area (Å²) in [5.41, 5.74) is 1.33. The van der Waals surface area contributed by atoms with E-state index < -0.39 is 0 Å². The van der Waals surface area contributed by atoms with Crippen LogP contribution < -0.4 is 5.32 Å². The molecule has 0 aliphatic heterocycles. The lowest BCUT2D eigenvalue weighted by Crippen LogP contribution is -2.35. The van der Waals surface area contributed by atoms with E-state index in [0.717, 1.165) is 18.7 Å². The number of carbonyl (C=O) groups excluding carboxylic acids is 1. The summed E-state index contributed by atoms with van der Waals surface area (Å²) in [5, 5.41) is 12.0. The van der Waals surface area contributed by atoms with Crippen molar-refractivity contribution in [1.82, 2.24) is 9.88 Å². The lowest BCUT2D eigenvalue weighted by Gasteiger charge is -2.23. The second kappa shape index (κ2) is 8.96. The van der Waals surface area contributed by atoms with E-state index in [1.165, 1.54) is 0 Å². The van der Waals surface area contributed by atoms with Gasteiger partial charge in [-0.3, -0.25) is 9.78 Å². The van der Waals surface area contributed by atoms with Gasteiger partial charge in [-0.1, -0.05) is 20.8 Å². The second-order valence-corrected chi connectivity index (χ2v) is 5.41. The molecule has 1 aromatic heterocycles. The van der Waals surface area contributed by atoms with Crippen molar-refractivity contribution in [2.45, 2.75) is 33.6 Å². The topological polar surface area (TPSA) is 69.0 Å². The Bertz CT molecular complexity index is 493. The molecule has 0 bridgehead atoms. The van der Waals surface area contributed by atoms with Crippen molar-refractivity contribution in [3.63, 3.8) is 0 Å². The van der Waals surface area contributed by atoms with E-state index in [-0.39, 0.29) is 5.91 Å². The van der Waals surface area contributed by atoms with E-state index in [0.29, 0.717) is 31.1 Å². The summed E-state index contributed by atoms with van der Waals surface area (Å²) in [5.74, 6) is 0.244.